The summed E-state index contributed by atoms with van der Waals surface area (Å²) in [6.45, 7) is 6.64. The van der Waals surface area contributed by atoms with E-state index in [1.807, 2.05) is 44.2 Å². The molecular weight excluding hydrogens is 460 g/mol. The first-order valence-electron chi connectivity index (χ1n) is 12.1. The summed E-state index contributed by atoms with van der Waals surface area (Å²) in [5.74, 6) is -2.30. The van der Waals surface area contributed by atoms with Gasteiger partial charge < -0.3 is 9.30 Å². The molecule has 1 aromatic heterocycles. The quantitative estimate of drug-likeness (QED) is 0.186. The van der Waals surface area contributed by atoms with E-state index in [1.54, 1.807) is 25.1 Å². The third kappa shape index (κ3) is 5.23. The minimum atomic E-state index is -0.922. The van der Waals surface area contributed by atoms with Crippen LogP contribution in [0.4, 0.5) is 8.78 Å². The normalized spacial score (nSPS) is 11.3. The third-order valence-corrected chi connectivity index (χ3v) is 6.25. The Morgan fingerprint density at radius 3 is 2.33 bits per heavy atom. The first-order chi connectivity index (χ1) is 17.3. The Hall–Kier alpha value is -3.80. The van der Waals surface area contributed by atoms with E-state index in [0.717, 1.165) is 34.3 Å². The molecule has 0 unspecified atom stereocenters. The summed E-state index contributed by atoms with van der Waals surface area (Å²) in [5, 5.41) is 0.762. The van der Waals surface area contributed by atoms with Gasteiger partial charge in [0.25, 0.3) is 0 Å². The van der Waals surface area contributed by atoms with Crippen molar-refractivity contribution in [2.75, 3.05) is 6.61 Å². The van der Waals surface area contributed by atoms with Gasteiger partial charge in [-0.25, -0.2) is 13.6 Å². The van der Waals surface area contributed by atoms with Crippen molar-refractivity contribution in [2.45, 2.75) is 46.1 Å². The van der Waals surface area contributed by atoms with Crippen LogP contribution in [0.5, 0.6) is 0 Å². The first kappa shape index (κ1) is 25.3. The summed E-state index contributed by atoms with van der Waals surface area (Å²) < 4.78 is 34.3. The fourth-order valence-electron chi connectivity index (χ4n) is 4.62. The number of halogens is 2. The lowest BCUT2D eigenvalue weighted by atomic mass is 9.96. The minimum Gasteiger partial charge on any atom is -0.462 e. The Morgan fingerprint density at radius 1 is 0.917 bits per heavy atom. The molecule has 0 bridgehead atoms. The molecule has 0 atom stereocenters. The van der Waals surface area contributed by atoms with Gasteiger partial charge in [0.2, 0.25) is 0 Å². The van der Waals surface area contributed by atoms with Gasteiger partial charge in [0.1, 0.15) is 0 Å². The predicted molar refractivity (Wildman–Crippen MR) is 137 cm³/mol. The van der Waals surface area contributed by atoms with Crippen LogP contribution >= 0.6 is 0 Å². The van der Waals surface area contributed by atoms with Gasteiger partial charge in [-0.1, -0.05) is 56.3 Å². The number of esters is 1. The summed E-state index contributed by atoms with van der Waals surface area (Å²) >= 11 is 0. The molecular formula is C30H29F2NO3. The highest BCUT2D eigenvalue weighted by molar-refractivity contribution is 6.11. The number of rotatable bonds is 9. The van der Waals surface area contributed by atoms with Crippen LogP contribution in [0.3, 0.4) is 0 Å². The molecule has 3 aromatic carbocycles. The molecule has 0 amide bonds. The smallest absolute Gasteiger partial charge is 0.338 e. The molecule has 0 aliphatic carbocycles. The maximum atomic E-state index is 13.7. The van der Waals surface area contributed by atoms with Crippen LogP contribution < -0.4 is 0 Å². The van der Waals surface area contributed by atoms with E-state index in [1.165, 1.54) is 6.07 Å². The zero-order valence-corrected chi connectivity index (χ0v) is 20.7. The Labute approximate surface area is 209 Å². The molecule has 4 aromatic rings. The van der Waals surface area contributed by atoms with Gasteiger partial charge in [-0.2, -0.15) is 0 Å². The van der Waals surface area contributed by atoms with Crippen molar-refractivity contribution in [3.05, 3.63) is 106 Å². The van der Waals surface area contributed by atoms with E-state index < -0.39 is 17.6 Å². The summed E-state index contributed by atoms with van der Waals surface area (Å²) in [6, 6.07) is 18.9. The zero-order valence-electron chi connectivity index (χ0n) is 20.7. The van der Waals surface area contributed by atoms with Crippen molar-refractivity contribution < 1.29 is 23.1 Å². The van der Waals surface area contributed by atoms with Crippen LogP contribution in [0, 0.1) is 11.6 Å². The Morgan fingerprint density at radius 2 is 1.67 bits per heavy atom. The number of carbonyl (C=O) groups excluding carboxylic acids is 2. The number of Topliss-reactive ketones (excluding diaryl/α,β-unsaturated/α-hetero) is 1. The van der Waals surface area contributed by atoms with Crippen molar-refractivity contribution >= 4 is 22.7 Å². The minimum absolute atomic E-state index is 0.0226. The number of benzene rings is 3. The molecule has 1 heterocycles. The number of hydrogen-bond donors (Lipinski definition) is 0. The Kier molecular flexibility index (Phi) is 7.63. The molecule has 0 radical (unpaired) electrons. The van der Waals surface area contributed by atoms with Gasteiger partial charge in [-0.3, -0.25) is 4.79 Å². The molecule has 4 rings (SSSR count). The number of ether oxygens (including phenoxy) is 1. The number of aryl methyl sites for hydroxylation is 1. The SMILES string of the molecule is CCOC(=O)c1ccc2c(C(=O)CCc3ccc(F)c(F)c3)c(C(C)C)n(Cc3ccccc3)c2c1. The molecule has 186 valence electrons. The topological polar surface area (TPSA) is 48.3 Å². The number of nitrogens with zero attached hydrogens (tertiary/aromatic N) is 1. The molecule has 4 nitrogen and oxygen atoms in total. The highest BCUT2D eigenvalue weighted by Crippen LogP contribution is 2.34. The van der Waals surface area contributed by atoms with Crippen molar-refractivity contribution in [2.24, 2.45) is 0 Å². The highest BCUT2D eigenvalue weighted by atomic mass is 19.2. The van der Waals surface area contributed by atoms with E-state index in [0.29, 0.717) is 29.7 Å². The van der Waals surface area contributed by atoms with Crippen LogP contribution in [-0.2, 0) is 17.7 Å². The van der Waals surface area contributed by atoms with Gasteiger partial charge in [0.15, 0.2) is 17.4 Å². The van der Waals surface area contributed by atoms with E-state index in [-0.39, 0.29) is 24.7 Å². The van der Waals surface area contributed by atoms with Gasteiger partial charge >= 0.3 is 5.97 Å². The number of aromatic nitrogens is 1. The number of fused-ring (bicyclic) bond motifs is 1. The van der Waals surface area contributed by atoms with Gasteiger partial charge in [-0.05, 0) is 54.7 Å². The number of hydrogen-bond acceptors (Lipinski definition) is 3. The summed E-state index contributed by atoms with van der Waals surface area (Å²) in [7, 11) is 0. The summed E-state index contributed by atoms with van der Waals surface area (Å²) in [6.07, 6.45) is 0.439. The molecule has 0 spiro atoms. The molecule has 6 heteroatoms. The van der Waals surface area contributed by atoms with Crippen LogP contribution in [-0.4, -0.2) is 22.9 Å². The van der Waals surface area contributed by atoms with Gasteiger partial charge in [0.05, 0.1) is 17.7 Å². The summed E-state index contributed by atoms with van der Waals surface area (Å²) in [5.41, 5.74) is 4.32. The molecule has 0 aliphatic rings. The second-order valence-corrected chi connectivity index (χ2v) is 9.11. The zero-order chi connectivity index (χ0) is 25.8. The van der Waals surface area contributed by atoms with Gasteiger partial charge in [0, 0.05) is 29.6 Å². The van der Waals surface area contributed by atoms with Crippen molar-refractivity contribution in [3.8, 4) is 0 Å². The van der Waals surface area contributed by atoms with Crippen molar-refractivity contribution in [1.29, 1.82) is 0 Å². The number of ketones is 1. The van der Waals surface area contributed by atoms with E-state index in [9.17, 15) is 18.4 Å². The second kappa shape index (κ2) is 10.9. The van der Waals surface area contributed by atoms with E-state index in [4.69, 9.17) is 4.74 Å². The van der Waals surface area contributed by atoms with Gasteiger partial charge in [-0.15, -0.1) is 0 Å². The van der Waals surface area contributed by atoms with Crippen LogP contribution in [0.25, 0.3) is 10.9 Å². The average molecular weight is 490 g/mol. The Balaban J connectivity index is 1.81. The van der Waals surface area contributed by atoms with E-state index >= 15 is 0 Å². The fourth-order valence-corrected chi connectivity index (χ4v) is 4.62. The van der Waals surface area contributed by atoms with E-state index in [2.05, 4.69) is 4.57 Å². The lowest BCUT2D eigenvalue weighted by Gasteiger charge is -2.15. The number of carbonyl (C=O) groups is 2. The lowest BCUT2D eigenvalue weighted by molar-refractivity contribution is 0.0526. The maximum Gasteiger partial charge on any atom is 0.338 e. The third-order valence-electron chi connectivity index (χ3n) is 6.25. The average Bonchev–Trinajstić information content (AvgIpc) is 3.19. The monoisotopic (exact) mass is 489 g/mol. The fraction of sp³-hybridized carbons (Fsp3) is 0.267. The maximum absolute atomic E-state index is 13.7. The second-order valence-electron chi connectivity index (χ2n) is 9.11. The molecule has 0 saturated heterocycles. The lowest BCUT2D eigenvalue weighted by Crippen LogP contribution is -2.11. The van der Waals surface area contributed by atoms with Crippen LogP contribution in [0.15, 0.2) is 66.7 Å². The Bertz CT molecular complexity index is 1410. The highest BCUT2D eigenvalue weighted by Gasteiger charge is 2.25. The van der Waals surface area contributed by atoms with Crippen LogP contribution in [0.1, 0.15) is 70.6 Å². The standard InChI is InChI=1S/C30H29F2NO3/c1-4-36-30(35)22-12-13-23-26(17-22)33(18-21-8-6-5-7-9-21)29(19(2)3)28(23)27(34)15-11-20-10-14-24(31)25(32)16-20/h5-10,12-14,16-17,19H,4,11,15,18H2,1-3H3. The van der Waals surface area contributed by atoms with Crippen molar-refractivity contribution in [3.63, 3.8) is 0 Å². The molecule has 0 N–H and O–H groups in total. The molecule has 0 aliphatic heterocycles. The molecule has 0 saturated carbocycles. The molecule has 0 fully saturated rings. The predicted octanol–water partition coefficient (Wildman–Crippen LogP) is 7.08. The molecule has 36 heavy (non-hydrogen) atoms. The first-order valence-corrected chi connectivity index (χ1v) is 12.1. The van der Waals surface area contributed by atoms with Crippen LogP contribution in [0.2, 0.25) is 0 Å². The van der Waals surface area contributed by atoms with Crippen molar-refractivity contribution in [1.82, 2.24) is 4.57 Å². The summed E-state index contributed by atoms with van der Waals surface area (Å²) in [4.78, 5) is 26.1. The largest absolute Gasteiger partial charge is 0.462 e.